The van der Waals surface area contributed by atoms with Crippen LogP contribution in [0.2, 0.25) is 0 Å². The molecule has 1 aliphatic carbocycles. The number of hydrogen-bond acceptors (Lipinski definition) is 2. The summed E-state index contributed by atoms with van der Waals surface area (Å²) >= 11 is 0. The topological polar surface area (TPSA) is 26.3 Å². The van der Waals surface area contributed by atoms with Crippen LogP contribution in [0.25, 0.3) is 0 Å². The lowest BCUT2D eigenvalue weighted by atomic mass is 9.59. The van der Waals surface area contributed by atoms with Crippen molar-refractivity contribution < 1.29 is 9.53 Å². The van der Waals surface area contributed by atoms with Crippen molar-refractivity contribution in [3.63, 3.8) is 0 Å². The van der Waals surface area contributed by atoms with Crippen molar-refractivity contribution in [1.82, 2.24) is 0 Å². The number of methoxy groups -OCH3 is 1. The summed E-state index contributed by atoms with van der Waals surface area (Å²) in [5, 5.41) is 0. The van der Waals surface area contributed by atoms with Crippen molar-refractivity contribution in [2.45, 2.75) is 5.41 Å². The smallest absolute Gasteiger partial charge is 0.193 e. The van der Waals surface area contributed by atoms with Gasteiger partial charge in [-0.05, 0) is 34.4 Å². The predicted octanol–water partition coefficient (Wildman–Crippen LogP) is 5.62. The molecule has 0 N–H and O–H groups in total. The molecule has 0 saturated heterocycles. The zero-order chi connectivity index (χ0) is 19.8. The normalized spacial score (nSPS) is 14.0. The van der Waals surface area contributed by atoms with Gasteiger partial charge in [0, 0.05) is 11.1 Å². The minimum atomic E-state index is -0.575. The number of rotatable bonds is 3. The summed E-state index contributed by atoms with van der Waals surface area (Å²) in [6.07, 6.45) is 0. The third-order valence-electron chi connectivity index (χ3n) is 5.88. The van der Waals surface area contributed by atoms with Crippen LogP contribution in [0.5, 0.6) is 5.75 Å². The molecule has 2 nitrogen and oxygen atoms in total. The maximum Gasteiger partial charge on any atom is 0.193 e. The Labute approximate surface area is 170 Å². The van der Waals surface area contributed by atoms with Gasteiger partial charge < -0.3 is 4.74 Å². The summed E-state index contributed by atoms with van der Waals surface area (Å²) < 4.78 is 5.40. The Hall–Kier alpha value is -3.65. The zero-order valence-corrected chi connectivity index (χ0v) is 16.1. The molecule has 0 radical (unpaired) electrons. The van der Waals surface area contributed by atoms with Gasteiger partial charge in [0.25, 0.3) is 0 Å². The first-order valence-electron chi connectivity index (χ1n) is 9.70. The fourth-order valence-corrected chi connectivity index (χ4v) is 4.62. The van der Waals surface area contributed by atoms with Crippen molar-refractivity contribution in [2.24, 2.45) is 0 Å². The minimum Gasteiger partial charge on any atom is -0.497 e. The van der Waals surface area contributed by atoms with Gasteiger partial charge in [-0.25, -0.2) is 0 Å². The van der Waals surface area contributed by atoms with Crippen LogP contribution in [-0.2, 0) is 5.41 Å². The van der Waals surface area contributed by atoms with Gasteiger partial charge in [0.1, 0.15) is 5.75 Å². The van der Waals surface area contributed by atoms with Crippen LogP contribution in [0.1, 0.15) is 38.2 Å². The zero-order valence-electron chi connectivity index (χ0n) is 16.1. The molecule has 0 spiro atoms. The first kappa shape index (κ1) is 17.4. The first-order chi connectivity index (χ1) is 14.3. The van der Waals surface area contributed by atoms with Crippen LogP contribution in [0, 0.1) is 0 Å². The van der Waals surface area contributed by atoms with E-state index in [9.17, 15) is 4.79 Å². The number of ether oxygens (including phenoxy) is 1. The largest absolute Gasteiger partial charge is 0.497 e. The van der Waals surface area contributed by atoms with Crippen LogP contribution in [0.3, 0.4) is 0 Å². The van der Waals surface area contributed by atoms with Crippen molar-refractivity contribution in [3.05, 3.63) is 137 Å². The number of fused-ring (bicyclic) bond motifs is 2. The molecule has 0 bridgehead atoms. The van der Waals surface area contributed by atoms with Crippen LogP contribution in [0.15, 0.2) is 103 Å². The molecule has 0 heterocycles. The Morgan fingerprint density at radius 3 is 1.62 bits per heavy atom. The molecular formula is C27H20O2. The van der Waals surface area contributed by atoms with Crippen LogP contribution in [-0.4, -0.2) is 12.9 Å². The van der Waals surface area contributed by atoms with E-state index >= 15 is 0 Å². The molecule has 0 aromatic heterocycles. The average molecular weight is 376 g/mol. The second-order valence-corrected chi connectivity index (χ2v) is 7.26. The highest BCUT2D eigenvalue weighted by molar-refractivity contribution is 6.14. The number of benzene rings is 4. The summed E-state index contributed by atoms with van der Waals surface area (Å²) in [5.41, 5.74) is 5.21. The molecule has 29 heavy (non-hydrogen) atoms. The van der Waals surface area contributed by atoms with Gasteiger partial charge in [-0.3, -0.25) is 4.79 Å². The van der Waals surface area contributed by atoms with Crippen LogP contribution in [0.4, 0.5) is 0 Å². The molecule has 0 fully saturated rings. The maximum absolute atomic E-state index is 13.3. The molecule has 1 aliphatic rings. The fourth-order valence-electron chi connectivity index (χ4n) is 4.62. The Kier molecular flexibility index (Phi) is 4.06. The van der Waals surface area contributed by atoms with Crippen molar-refractivity contribution in [1.29, 1.82) is 0 Å². The van der Waals surface area contributed by atoms with Crippen LogP contribution < -0.4 is 4.74 Å². The third-order valence-corrected chi connectivity index (χ3v) is 5.88. The maximum atomic E-state index is 13.3. The molecule has 4 aromatic carbocycles. The number of carbonyl (C=O) groups excluding carboxylic acids is 1. The van der Waals surface area contributed by atoms with Gasteiger partial charge in [-0.15, -0.1) is 0 Å². The molecule has 0 amide bonds. The summed E-state index contributed by atoms with van der Waals surface area (Å²) in [7, 11) is 1.67. The van der Waals surface area contributed by atoms with Gasteiger partial charge in [0.2, 0.25) is 0 Å². The summed E-state index contributed by atoms with van der Waals surface area (Å²) in [6.45, 7) is 0. The van der Waals surface area contributed by atoms with E-state index in [0.29, 0.717) is 0 Å². The van der Waals surface area contributed by atoms with Gasteiger partial charge in [0.15, 0.2) is 5.78 Å². The molecule has 0 unspecified atom stereocenters. The SMILES string of the molecule is COc1ccc(C2(c3ccccc3)c3ccccc3C(=O)c3ccccc32)cc1. The Balaban J connectivity index is 1.95. The quantitative estimate of drug-likeness (QED) is 0.408. The van der Waals surface area contributed by atoms with Gasteiger partial charge >= 0.3 is 0 Å². The lowest BCUT2D eigenvalue weighted by molar-refractivity contribution is 0.103. The lowest BCUT2D eigenvalue weighted by Crippen LogP contribution is -2.38. The van der Waals surface area contributed by atoms with E-state index in [1.54, 1.807) is 7.11 Å². The Morgan fingerprint density at radius 1 is 0.586 bits per heavy atom. The van der Waals surface area contributed by atoms with E-state index in [2.05, 4.69) is 48.5 Å². The van der Waals surface area contributed by atoms with Gasteiger partial charge in [0.05, 0.1) is 12.5 Å². The summed E-state index contributed by atoms with van der Waals surface area (Å²) in [4.78, 5) is 13.3. The van der Waals surface area contributed by atoms with E-state index in [1.807, 2.05) is 54.6 Å². The summed E-state index contributed by atoms with van der Waals surface area (Å²) in [5.74, 6) is 0.890. The molecule has 0 saturated carbocycles. The lowest BCUT2D eigenvalue weighted by Gasteiger charge is -2.41. The second kappa shape index (κ2) is 6.75. The van der Waals surface area contributed by atoms with Crippen molar-refractivity contribution in [2.75, 3.05) is 7.11 Å². The molecule has 140 valence electrons. The highest BCUT2D eigenvalue weighted by Crippen LogP contribution is 2.50. The average Bonchev–Trinajstić information content (AvgIpc) is 2.81. The minimum absolute atomic E-state index is 0.0799. The Morgan fingerprint density at radius 2 is 1.07 bits per heavy atom. The number of ketones is 1. The standard InChI is InChI=1S/C27H20O2/c1-29-21-17-15-20(16-18-21)27(19-9-3-2-4-10-19)24-13-7-5-11-22(24)26(28)23-12-6-8-14-25(23)27/h2-18H,1H3. The molecular weight excluding hydrogens is 356 g/mol. The first-order valence-corrected chi connectivity index (χ1v) is 9.70. The van der Waals surface area contributed by atoms with E-state index in [1.165, 1.54) is 0 Å². The predicted molar refractivity (Wildman–Crippen MR) is 115 cm³/mol. The monoisotopic (exact) mass is 376 g/mol. The number of carbonyl (C=O) groups is 1. The molecule has 0 atom stereocenters. The number of hydrogen-bond donors (Lipinski definition) is 0. The molecule has 4 aromatic rings. The van der Waals surface area contributed by atoms with E-state index in [-0.39, 0.29) is 5.78 Å². The van der Waals surface area contributed by atoms with Gasteiger partial charge in [-0.2, -0.15) is 0 Å². The van der Waals surface area contributed by atoms with E-state index in [0.717, 1.165) is 39.1 Å². The van der Waals surface area contributed by atoms with E-state index < -0.39 is 5.41 Å². The molecule has 2 heteroatoms. The van der Waals surface area contributed by atoms with E-state index in [4.69, 9.17) is 4.74 Å². The summed E-state index contributed by atoms with van der Waals surface area (Å²) in [6, 6.07) is 34.6. The van der Waals surface area contributed by atoms with Crippen molar-refractivity contribution >= 4 is 5.78 Å². The second-order valence-electron chi connectivity index (χ2n) is 7.26. The fraction of sp³-hybridized carbons (Fsp3) is 0.0741. The van der Waals surface area contributed by atoms with Crippen LogP contribution >= 0.6 is 0 Å². The van der Waals surface area contributed by atoms with Gasteiger partial charge in [-0.1, -0.05) is 91.0 Å². The highest BCUT2D eigenvalue weighted by Gasteiger charge is 2.45. The Bertz CT molecular complexity index is 1140. The molecule has 5 rings (SSSR count). The molecule has 0 aliphatic heterocycles. The van der Waals surface area contributed by atoms with Crippen molar-refractivity contribution in [3.8, 4) is 5.75 Å². The third kappa shape index (κ3) is 2.46. The highest BCUT2D eigenvalue weighted by atomic mass is 16.5.